The molecule has 0 aromatic heterocycles. The fourth-order valence-electron chi connectivity index (χ4n) is 2.38. The molecule has 2 amide bonds. The van der Waals surface area contributed by atoms with Gasteiger partial charge in [-0.3, -0.25) is 14.9 Å². The summed E-state index contributed by atoms with van der Waals surface area (Å²) in [5, 5.41) is 12.2. The first kappa shape index (κ1) is 12.2. The molecule has 1 heterocycles. The Hall–Kier alpha value is -0.900. The zero-order valence-corrected chi connectivity index (χ0v) is 9.76. The van der Waals surface area contributed by atoms with Gasteiger partial charge in [0.15, 0.2) is 0 Å². The van der Waals surface area contributed by atoms with E-state index < -0.39 is 11.5 Å². The van der Waals surface area contributed by atoms with Crippen LogP contribution in [-0.2, 0) is 9.59 Å². The van der Waals surface area contributed by atoms with Gasteiger partial charge in [0.2, 0.25) is 5.91 Å². The molecule has 0 aromatic carbocycles. The fraction of sp³-hybridized carbons (Fsp3) is 0.818. The van der Waals surface area contributed by atoms with Crippen molar-refractivity contribution in [3.63, 3.8) is 0 Å². The lowest BCUT2D eigenvalue weighted by molar-refractivity contribution is -0.149. The van der Waals surface area contributed by atoms with Gasteiger partial charge in [-0.1, -0.05) is 20.8 Å². The molecule has 0 bridgehead atoms. The minimum atomic E-state index is -1.46. The summed E-state index contributed by atoms with van der Waals surface area (Å²) >= 11 is 0. The average molecular weight is 213 g/mol. The molecular formula is C11H19NO3. The smallest absolute Gasteiger partial charge is 0.258 e. The number of carbonyl (C=O) groups is 2. The summed E-state index contributed by atoms with van der Waals surface area (Å²) in [6.45, 7) is 7.17. The van der Waals surface area contributed by atoms with Gasteiger partial charge in [-0.05, 0) is 25.2 Å². The van der Waals surface area contributed by atoms with E-state index in [1.807, 2.05) is 13.8 Å². The van der Waals surface area contributed by atoms with Gasteiger partial charge in [0.25, 0.3) is 5.91 Å². The molecule has 15 heavy (non-hydrogen) atoms. The maximum atomic E-state index is 11.6. The second-order valence-corrected chi connectivity index (χ2v) is 5.54. The van der Waals surface area contributed by atoms with Crippen molar-refractivity contribution in [2.75, 3.05) is 0 Å². The molecule has 0 spiro atoms. The Morgan fingerprint density at radius 2 is 1.87 bits per heavy atom. The lowest BCUT2D eigenvalue weighted by Crippen LogP contribution is -2.52. The molecular weight excluding hydrogens is 194 g/mol. The standard InChI is InChI=1S/C11H19NO3/c1-7-5-10(2,3)6-11(4,15)9(14)12-8(7)13/h7,15H,5-6H2,1-4H3,(H,12,13,14). The highest BCUT2D eigenvalue weighted by molar-refractivity contribution is 6.00. The second-order valence-electron chi connectivity index (χ2n) is 5.54. The molecule has 4 heteroatoms. The van der Waals surface area contributed by atoms with Gasteiger partial charge in [0.1, 0.15) is 5.60 Å². The first-order valence-electron chi connectivity index (χ1n) is 5.22. The summed E-state index contributed by atoms with van der Waals surface area (Å²) in [4.78, 5) is 23.1. The molecule has 1 fully saturated rings. The number of hydrogen-bond donors (Lipinski definition) is 2. The van der Waals surface area contributed by atoms with Crippen LogP contribution in [0.3, 0.4) is 0 Å². The Balaban J connectivity index is 2.97. The minimum absolute atomic E-state index is 0.194. The molecule has 1 rings (SSSR count). The summed E-state index contributed by atoms with van der Waals surface area (Å²) in [6, 6.07) is 0. The number of imide groups is 1. The largest absolute Gasteiger partial charge is 0.380 e. The van der Waals surface area contributed by atoms with E-state index in [-0.39, 0.29) is 17.2 Å². The van der Waals surface area contributed by atoms with Crippen molar-refractivity contribution in [2.24, 2.45) is 11.3 Å². The fourth-order valence-corrected chi connectivity index (χ4v) is 2.38. The third-order valence-corrected chi connectivity index (χ3v) is 2.86. The Morgan fingerprint density at radius 1 is 1.33 bits per heavy atom. The number of nitrogens with one attached hydrogen (secondary N) is 1. The lowest BCUT2D eigenvalue weighted by Gasteiger charge is -2.36. The summed E-state index contributed by atoms with van der Waals surface area (Å²) in [5.41, 5.74) is -1.67. The first-order chi connectivity index (χ1) is 6.64. The van der Waals surface area contributed by atoms with Crippen molar-refractivity contribution in [3.05, 3.63) is 0 Å². The molecule has 1 saturated heterocycles. The van der Waals surface area contributed by atoms with Crippen LogP contribution in [0.15, 0.2) is 0 Å². The molecule has 2 unspecified atom stereocenters. The Morgan fingerprint density at radius 3 is 2.40 bits per heavy atom. The van der Waals surface area contributed by atoms with Crippen LogP contribution in [0.4, 0.5) is 0 Å². The SMILES string of the molecule is CC1CC(C)(C)CC(C)(O)C(=O)NC1=O. The number of aliphatic hydroxyl groups is 1. The number of rotatable bonds is 0. The first-order valence-corrected chi connectivity index (χ1v) is 5.22. The number of hydrogen-bond acceptors (Lipinski definition) is 3. The van der Waals surface area contributed by atoms with E-state index in [1.54, 1.807) is 6.92 Å². The topological polar surface area (TPSA) is 66.4 Å². The number of carbonyl (C=O) groups excluding carboxylic acids is 2. The van der Waals surface area contributed by atoms with Gasteiger partial charge >= 0.3 is 0 Å². The third kappa shape index (κ3) is 2.78. The van der Waals surface area contributed by atoms with Crippen molar-refractivity contribution in [1.29, 1.82) is 0 Å². The van der Waals surface area contributed by atoms with Crippen LogP contribution >= 0.6 is 0 Å². The molecule has 1 aliphatic rings. The van der Waals surface area contributed by atoms with E-state index in [0.29, 0.717) is 12.8 Å². The van der Waals surface area contributed by atoms with Crippen molar-refractivity contribution >= 4 is 11.8 Å². The lowest BCUT2D eigenvalue weighted by atomic mass is 9.73. The Labute approximate surface area is 90.0 Å². The van der Waals surface area contributed by atoms with Crippen molar-refractivity contribution < 1.29 is 14.7 Å². The monoisotopic (exact) mass is 213 g/mol. The van der Waals surface area contributed by atoms with Crippen LogP contribution in [0.2, 0.25) is 0 Å². The van der Waals surface area contributed by atoms with Gasteiger partial charge in [0.05, 0.1) is 0 Å². The Kier molecular flexibility index (Phi) is 2.92. The zero-order chi connectivity index (χ0) is 11.9. The van der Waals surface area contributed by atoms with Crippen molar-refractivity contribution in [3.8, 4) is 0 Å². The van der Waals surface area contributed by atoms with Crippen LogP contribution in [0.5, 0.6) is 0 Å². The predicted octanol–water partition coefficient (Wildman–Crippen LogP) is 0.836. The highest BCUT2D eigenvalue weighted by Gasteiger charge is 2.41. The number of amides is 2. The maximum Gasteiger partial charge on any atom is 0.258 e. The van der Waals surface area contributed by atoms with Crippen LogP contribution in [0.25, 0.3) is 0 Å². The van der Waals surface area contributed by atoms with Crippen LogP contribution in [0, 0.1) is 11.3 Å². The molecule has 0 saturated carbocycles. The Bertz CT molecular complexity index is 294. The van der Waals surface area contributed by atoms with Gasteiger partial charge in [-0.25, -0.2) is 0 Å². The summed E-state index contributed by atoms with van der Waals surface area (Å²) in [6.07, 6.45) is 1.03. The van der Waals surface area contributed by atoms with Crippen LogP contribution in [-0.4, -0.2) is 22.5 Å². The zero-order valence-electron chi connectivity index (χ0n) is 9.76. The third-order valence-electron chi connectivity index (χ3n) is 2.86. The van der Waals surface area contributed by atoms with E-state index in [4.69, 9.17) is 0 Å². The minimum Gasteiger partial charge on any atom is -0.380 e. The van der Waals surface area contributed by atoms with Gasteiger partial charge in [-0.2, -0.15) is 0 Å². The van der Waals surface area contributed by atoms with E-state index in [2.05, 4.69) is 5.32 Å². The summed E-state index contributed by atoms with van der Waals surface area (Å²) in [7, 11) is 0. The van der Waals surface area contributed by atoms with E-state index in [0.717, 1.165) is 0 Å². The van der Waals surface area contributed by atoms with Gasteiger partial charge in [0, 0.05) is 5.92 Å². The van der Waals surface area contributed by atoms with Crippen LogP contribution < -0.4 is 5.32 Å². The average Bonchev–Trinajstić information content (AvgIpc) is 1.99. The molecule has 1 aliphatic heterocycles. The maximum absolute atomic E-state index is 11.6. The quantitative estimate of drug-likeness (QED) is 0.586. The summed E-state index contributed by atoms with van der Waals surface area (Å²) in [5.74, 6) is -1.08. The molecule has 4 nitrogen and oxygen atoms in total. The molecule has 2 N–H and O–H groups in total. The van der Waals surface area contributed by atoms with Gasteiger partial charge in [-0.15, -0.1) is 0 Å². The van der Waals surface area contributed by atoms with E-state index >= 15 is 0 Å². The van der Waals surface area contributed by atoms with E-state index in [9.17, 15) is 14.7 Å². The van der Waals surface area contributed by atoms with E-state index in [1.165, 1.54) is 6.92 Å². The normalized spacial score (nSPS) is 36.7. The van der Waals surface area contributed by atoms with Crippen molar-refractivity contribution in [2.45, 2.75) is 46.1 Å². The van der Waals surface area contributed by atoms with Crippen LogP contribution in [0.1, 0.15) is 40.5 Å². The predicted molar refractivity (Wildman–Crippen MR) is 56.0 cm³/mol. The summed E-state index contributed by atoms with van der Waals surface area (Å²) < 4.78 is 0. The highest BCUT2D eigenvalue weighted by atomic mass is 16.3. The molecule has 0 aliphatic carbocycles. The molecule has 0 aromatic rings. The molecule has 2 atom stereocenters. The molecule has 86 valence electrons. The second kappa shape index (κ2) is 3.59. The van der Waals surface area contributed by atoms with Crippen molar-refractivity contribution in [1.82, 2.24) is 5.32 Å². The highest BCUT2D eigenvalue weighted by Crippen LogP contribution is 2.35. The molecule has 0 radical (unpaired) electrons. The van der Waals surface area contributed by atoms with Gasteiger partial charge < -0.3 is 5.11 Å².